The van der Waals surface area contributed by atoms with Crippen LogP contribution in [-0.4, -0.2) is 13.0 Å². The molecule has 0 unspecified atom stereocenters. The summed E-state index contributed by atoms with van der Waals surface area (Å²) in [6.07, 6.45) is 1.51. The van der Waals surface area contributed by atoms with E-state index in [0.717, 1.165) is 11.1 Å². The Morgan fingerprint density at radius 3 is 2.55 bits per heavy atom. The summed E-state index contributed by atoms with van der Waals surface area (Å²) in [5, 5.41) is 0.588. The third-order valence-corrected chi connectivity index (χ3v) is 4.79. The Hall–Kier alpha value is -1.98. The number of hydrogen-bond donors (Lipinski definition) is 0. The monoisotopic (exact) mass is 335 g/mol. The fraction of sp³-hybridized carbons (Fsp3) is 0.125. The molecule has 0 aliphatic carbocycles. The van der Waals surface area contributed by atoms with Crippen molar-refractivity contribution in [1.29, 1.82) is 0 Å². The highest BCUT2D eigenvalue weighted by Crippen LogP contribution is 2.30. The number of aromatic nitrogens is 1. The van der Waals surface area contributed by atoms with Gasteiger partial charge in [0.05, 0.1) is 5.52 Å². The first-order valence-electron chi connectivity index (χ1n) is 6.65. The normalized spacial score (nSPS) is 11.7. The van der Waals surface area contributed by atoms with Gasteiger partial charge in [-0.15, -0.1) is 0 Å². The summed E-state index contributed by atoms with van der Waals surface area (Å²) < 4.78 is 30.6. The quantitative estimate of drug-likeness (QED) is 0.683. The van der Waals surface area contributed by atoms with Crippen LogP contribution in [0, 0.1) is 0 Å². The van der Waals surface area contributed by atoms with Gasteiger partial charge in [0.25, 0.3) is 9.05 Å². The number of halogens is 1. The van der Waals surface area contributed by atoms with Crippen molar-refractivity contribution in [3.63, 3.8) is 0 Å². The summed E-state index contributed by atoms with van der Waals surface area (Å²) >= 11 is 0. The van der Waals surface area contributed by atoms with Crippen LogP contribution in [0.15, 0.2) is 59.6 Å². The van der Waals surface area contributed by atoms with Crippen LogP contribution in [0.4, 0.5) is 0 Å². The van der Waals surface area contributed by atoms with E-state index in [0.29, 0.717) is 17.7 Å². The van der Waals surface area contributed by atoms with Crippen molar-refractivity contribution in [2.24, 2.45) is 7.05 Å². The lowest BCUT2D eigenvalue weighted by Crippen LogP contribution is -1.95. The second-order valence-electron chi connectivity index (χ2n) is 5.00. The van der Waals surface area contributed by atoms with E-state index in [-0.39, 0.29) is 4.90 Å². The second kappa shape index (κ2) is 5.66. The first-order valence-corrected chi connectivity index (χ1v) is 8.96. The molecule has 1 heterocycles. The number of ether oxygens (including phenoxy) is 1. The third-order valence-electron chi connectivity index (χ3n) is 3.44. The van der Waals surface area contributed by atoms with Crippen molar-refractivity contribution >= 4 is 30.6 Å². The smallest absolute Gasteiger partial charge is 0.263 e. The van der Waals surface area contributed by atoms with E-state index in [1.165, 1.54) is 6.20 Å². The van der Waals surface area contributed by atoms with Crippen LogP contribution in [0.3, 0.4) is 0 Å². The van der Waals surface area contributed by atoms with Gasteiger partial charge in [-0.2, -0.15) is 0 Å². The molecule has 0 fully saturated rings. The van der Waals surface area contributed by atoms with Gasteiger partial charge in [0.2, 0.25) is 0 Å². The molecule has 3 aromatic rings. The highest BCUT2D eigenvalue weighted by molar-refractivity contribution is 8.14. The number of benzene rings is 2. The molecule has 0 aliphatic heterocycles. The minimum absolute atomic E-state index is 0.112. The Kier molecular flexibility index (Phi) is 3.85. The lowest BCUT2D eigenvalue weighted by atomic mass is 10.2. The van der Waals surface area contributed by atoms with Crippen LogP contribution in [-0.2, 0) is 22.7 Å². The van der Waals surface area contributed by atoms with Gasteiger partial charge >= 0.3 is 0 Å². The number of nitrogens with zero attached hydrogens (tertiary/aromatic N) is 1. The molecular formula is C16H14ClNO3S. The summed E-state index contributed by atoms with van der Waals surface area (Å²) in [5.41, 5.74) is 1.82. The topological polar surface area (TPSA) is 48.3 Å². The van der Waals surface area contributed by atoms with Crippen LogP contribution in [0.5, 0.6) is 5.75 Å². The summed E-state index contributed by atoms with van der Waals surface area (Å²) in [6.45, 7) is 0.456. The zero-order valence-corrected chi connectivity index (χ0v) is 13.4. The van der Waals surface area contributed by atoms with E-state index < -0.39 is 9.05 Å². The minimum atomic E-state index is -3.77. The van der Waals surface area contributed by atoms with Crippen LogP contribution in [0.1, 0.15) is 5.56 Å². The van der Waals surface area contributed by atoms with E-state index in [9.17, 15) is 8.42 Å². The molecule has 0 N–H and O–H groups in total. The molecule has 0 atom stereocenters. The SMILES string of the molecule is Cn1cc(S(=O)(=O)Cl)c2ccc(OCc3ccccc3)cc21. The average molecular weight is 336 g/mol. The van der Waals surface area contributed by atoms with E-state index in [1.54, 1.807) is 23.7 Å². The molecule has 0 saturated carbocycles. The van der Waals surface area contributed by atoms with Gasteiger partial charge in [-0.1, -0.05) is 30.3 Å². The maximum absolute atomic E-state index is 11.6. The Labute approximate surface area is 133 Å². The average Bonchev–Trinajstić information content (AvgIpc) is 2.83. The van der Waals surface area contributed by atoms with Crippen LogP contribution in [0.2, 0.25) is 0 Å². The maximum atomic E-state index is 11.6. The molecule has 4 nitrogen and oxygen atoms in total. The Morgan fingerprint density at radius 2 is 1.86 bits per heavy atom. The van der Waals surface area contributed by atoms with Gasteiger partial charge in [-0.05, 0) is 17.7 Å². The molecule has 0 spiro atoms. The fourth-order valence-electron chi connectivity index (χ4n) is 2.35. The summed E-state index contributed by atoms with van der Waals surface area (Å²) in [7, 11) is 3.47. The van der Waals surface area contributed by atoms with E-state index in [1.807, 2.05) is 36.4 Å². The van der Waals surface area contributed by atoms with Crippen molar-refractivity contribution in [2.75, 3.05) is 0 Å². The third kappa shape index (κ3) is 2.96. The van der Waals surface area contributed by atoms with E-state index in [4.69, 9.17) is 15.4 Å². The van der Waals surface area contributed by atoms with Gasteiger partial charge in [-0.25, -0.2) is 8.42 Å². The predicted molar refractivity (Wildman–Crippen MR) is 86.7 cm³/mol. The van der Waals surface area contributed by atoms with Crippen LogP contribution in [0.25, 0.3) is 10.9 Å². The van der Waals surface area contributed by atoms with Crippen molar-refractivity contribution in [2.45, 2.75) is 11.5 Å². The van der Waals surface area contributed by atoms with Crippen LogP contribution < -0.4 is 4.74 Å². The predicted octanol–water partition coefficient (Wildman–Crippen LogP) is 3.68. The molecule has 6 heteroatoms. The Bertz CT molecular complexity index is 917. The van der Waals surface area contributed by atoms with Crippen LogP contribution >= 0.6 is 10.7 Å². The maximum Gasteiger partial charge on any atom is 0.263 e. The molecule has 114 valence electrons. The van der Waals surface area contributed by atoms with E-state index >= 15 is 0 Å². The fourth-order valence-corrected chi connectivity index (χ4v) is 3.44. The first kappa shape index (κ1) is 14.9. The second-order valence-corrected chi connectivity index (χ2v) is 7.53. The molecular weight excluding hydrogens is 322 g/mol. The van der Waals surface area contributed by atoms with Crippen molar-refractivity contribution < 1.29 is 13.2 Å². The number of hydrogen-bond acceptors (Lipinski definition) is 3. The van der Waals surface area contributed by atoms with Gasteiger partial charge < -0.3 is 9.30 Å². The molecule has 0 saturated heterocycles. The zero-order valence-electron chi connectivity index (χ0n) is 11.9. The van der Waals surface area contributed by atoms with E-state index in [2.05, 4.69) is 0 Å². The molecule has 0 radical (unpaired) electrons. The first-order chi connectivity index (χ1) is 10.4. The lowest BCUT2D eigenvalue weighted by Gasteiger charge is -2.07. The molecule has 0 bridgehead atoms. The molecule has 2 aromatic carbocycles. The van der Waals surface area contributed by atoms with Crippen molar-refractivity contribution in [3.8, 4) is 5.75 Å². The largest absolute Gasteiger partial charge is 0.489 e. The number of fused-ring (bicyclic) bond motifs is 1. The van der Waals surface area contributed by atoms with Gasteiger partial charge in [0.15, 0.2) is 0 Å². The lowest BCUT2D eigenvalue weighted by molar-refractivity contribution is 0.306. The van der Waals surface area contributed by atoms with Crippen molar-refractivity contribution in [3.05, 3.63) is 60.3 Å². The summed E-state index contributed by atoms with van der Waals surface area (Å²) in [5.74, 6) is 0.677. The standard InChI is InChI=1S/C16H14ClNO3S/c1-18-10-16(22(17,19)20)14-8-7-13(9-15(14)18)21-11-12-5-3-2-4-6-12/h2-10H,11H2,1H3. The van der Waals surface area contributed by atoms with Gasteiger partial charge in [0, 0.05) is 35.4 Å². The zero-order chi connectivity index (χ0) is 15.7. The van der Waals surface area contributed by atoms with Gasteiger partial charge in [-0.3, -0.25) is 0 Å². The van der Waals surface area contributed by atoms with Crippen molar-refractivity contribution in [1.82, 2.24) is 4.57 Å². The molecule has 1 aromatic heterocycles. The Morgan fingerprint density at radius 1 is 1.14 bits per heavy atom. The number of aryl methyl sites for hydroxylation is 1. The highest BCUT2D eigenvalue weighted by atomic mass is 35.7. The molecule has 0 aliphatic rings. The number of rotatable bonds is 4. The van der Waals surface area contributed by atoms with Gasteiger partial charge in [0.1, 0.15) is 17.3 Å². The molecule has 0 amide bonds. The Balaban J connectivity index is 1.92. The summed E-state index contributed by atoms with van der Waals surface area (Å²) in [6, 6.07) is 15.1. The summed E-state index contributed by atoms with van der Waals surface area (Å²) in [4.78, 5) is 0.112. The molecule has 3 rings (SSSR count). The molecule has 22 heavy (non-hydrogen) atoms. The highest BCUT2D eigenvalue weighted by Gasteiger charge is 2.18. The minimum Gasteiger partial charge on any atom is -0.489 e.